The molecule has 0 bridgehead atoms. The van der Waals surface area contributed by atoms with Gasteiger partial charge in [0.1, 0.15) is 0 Å². The van der Waals surface area contributed by atoms with Gasteiger partial charge >= 0.3 is 0 Å². The molecular weight excluding hydrogens is 398 g/mol. The van der Waals surface area contributed by atoms with Crippen LogP contribution in [0.1, 0.15) is 15.9 Å². The normalized spacial score (nSPS) is 12.1. The number of pyridine rings is 1. The van der Waals surface area contributed by atoms with Gasteiger partial charge in [0.05, 0.1) is 31.9 Å². The largest absolute Gasteiger partial charge is 0.319 e. The fourth-order valence-electron chi connectivity index (χ4n) is 3.55. The lowest BCUT2D eigenvalue weighted by Crippen LogP contribution is -2.14. The Morgan fingerprint density at radius 2 is 1.93 bits per heavy atom. The maximum atomic E-state index is 13.3. The number of hydrogen-bond acceptors (Lipinski definition) is 4. The van der Waals surface area contributed by atoms with E-state index in [-0.39, 0.29) is 5.91 Å². The van der Waals surface area contributed by atoms with Gasteiger partial charge in [0.15, 0.2) is 4.80 Å². The lowest BCUT2D eigenvalue weighted by molar-refractivity contribution is 0.0999. The molecule has 0 spiro atoms. The van der Waals surface area contributed by atoms with Crippen molar-refractivity contribution >= 4 is 49.7 Å². The second-order valence-electron chi connectivity index (χ2n) is 6.83. The second-order valence-corrected chi connectivity index (χ2v) is 8.79. The average Bonchev–Trinajstić information content (AvgIpc) is 3.37. The number of thiazole rings is 1. The first-order valence-corrected chi connectivity index (χ1v) is 10.9. The number of carbonyl (C=O) groups is 1. The number of para-hydroxylation sites is 2. The van der Waals surface area contributed by atoms with E-state index >= 15 is 0 Å². The number of aryl methyl sites for hydroxylation is 2. The summed E-state index contributed by atoms with van der Waals surface area (Å²) in [6, 6.07) is 19.8. The highest BCUT2D eigenvalue weighted by Crippen LogP contribution is 2.28. The van der Waals surface area contributed by atoms with Crippen molar-refractivity contribution in [3.63, 3.8) is 0 Å². The molecule has 0 aliphatic rings. The van der Waals surface area contributed by atoms with Crippen LogP contribution in [0.25, 0.3) is 31.7 Å². The second kappa shape index (κ2) is 7.06. The minimum Gasteiger partial charge on any atom is -0.319 e. The zero-order valence-electron chi connectivity index (χ0n) is 15.9. The highest BCUT2D eigenvalue weighted by molar-refractivity contribution is 7.16. The van der Waals surface area contributed by atoms with E-state index in [0.717, 1.165) is 31.7 Å². The summed E-state index contributed by atoms with van der Waals surface area (Å²) in [4.78, 5) is 24.2. The van der Waals surface area contributed by atoms with Gasteiger partial charge in [-0.3, -0.25) is 4.79 Å². The molecule has 29 heavy (non-hydrogen) atoms. The third-order valence-corrected chi connectivity index (χ3v) is 6.93. The van der Waals surface area contributed by atoms with Gasteiger partial charge in [-0.15, -0.1) is 11.3 Å². The molecule has 0 unspecified atom stereocenters. The van der Waals surface area contributed by atoms with Crippen LogP contribution < -0.4 is 4.80 Å². The van der Waals surface area contributed by atoms with Crippen molar-refractivity contribution in [3.05, 3.63) is 82.0 Å². The SMILES string of the molecule is Cc1cccc2sc(=NC(=O)c3cc(-c4cccs4)nc4ccccc34)n(C)c12. The van der Waals surface area contributed by atoms with Gasteiger partial charge in [-0.05, 0) is 42.1 Å². The molecule has 0 saturated heterocycles. The summed E-state index contributed by atoms with van der Waals surface area (Å²) in [5.41, 5.74) is 4.46. The number of benzene rings is 2. The van der Waals surface area contributed by atoms with E-state index in [1.54, 1.807) is 11.3 Å². The van der Waals surface area contributed by atoms with Crippen LogP contribution >= 0.6 is 22.7 Å². The van der Waals surface area contributed by atoms with Crippen LogP contribution in [0, 0.1) is 6.92 Å². The third kappa shape index (κ3) is 3.10. The summed E-state index contributed by atoms with van der Waals surface area (Å²) in [6.07, 6.45) is 0. The molecule has 0 aliphatic carbocycles. The molecule has 0 fully saturated rings. The lowest BCUT2D eigenvalue weighted by Gasteiger charge is -2.06. The minimum atomic E-state index is -0.249. The van der Waals surface area contributed by atoms with Gasteiger partial charge in [0.25, 0.3) is 5.91 Å². The molecule has 0 aliphatic heterocycles. The zero-order valence-corrected chi connectivity index (χ0v) is 17.6. The minimum absolute atomic E-state index is 0.249. The molecule has 0 saturated carbocycles. The Bertz CT molecular complexity index is 1440. The Balaban J connectivity index is 1.72. The predicted molar refractivity (Wildman–Crippen MR) is 120 cm³/mol. The number of fused-ring (bicyclic) bond motifs is 2. The summed E-state index contributed by atoms with van der Waals surface area (Å²) < 4.78 is 3.12. The molecule has 5 aromatic rings. The fraction of sp³-hybridized carbons (Fsp3) is 0.0870. The van der Waals surface area contributed by atoms with Crippen molar-refractivity contribution in [2.45, 2.75) is 6.92 Å². The topological polar surface area (TPSA) is 47.2 Å². The summed E-state index contributed by atoms with van der Waals surface area (Å²) in [6.45, 7) is 2.07. The number of hydrogen-bond donors (Lipinski definition) is 0. The number of amides is 1. The van der Waals surface area contributed by atoms with Crippen LogP contribution in [0.4, 0.5) is 0 Å². The standard InChI is InChI=1S/C23H17N3OS2/c1-14-7-5-10-20-21(14)26(2)23(29-20)25-22(27)16-13-18(19-11-6-12-28-19)24-17-9-4-3-8-15(16)17/h3-13H,1-2H3. The van der Waals surface area contributed by atoms with Crippen LogP contribution in [0.15, 0.2) is 71.0 Å². The molecule has 0 atom stereocenters. The van der Waals surface area contributed by atoms with E-state index in [1.807, 2.05) is 65.5 Å². The number of rotatable bonds is 2. The van der Waals surface area contributed by atoms with Crippen LogP contribution in [0.5, 0.6) is 0 Å². The molecule has 5 rings (SSSR count). The van der Waals surface area contributed by atoms with E-state index < -0.39 is 0 Å². The van der Waals surface area contributed by atoms with E-state index in [9.17, 15) is 4.79 Å². The van der Waals surface area contributed by atoms with Crippen LogP contribution in [0.2, 0.25) is 0 Å². The van der Waals surface area contributed by atoms with Crippen molar-refractivity contribution in [2.75, 3.05) is 0 Å². The molecule has 1 amide bonds. The highest BCUT2D eigenvalue weighted by Gasteiger charge is 2.15. The van der Waals surface area contributed by atoms with Crippen molar-refractivity contribution in [3.8, 4) is 10.6 Å². The van der Waals surface area contributed by atoms with E-state index in [0.29, 0.717) is 10.4 Å². The smallest absolute Gasteiger partial charge is 0.280 e. The van der Waals surface area contributed by atoms with Gasteiger partial charge in [-0.25, -0.2) is 4.98 Å². The molecule has 4 nitrogen and oxygen atoms in total. The van der Waals surface area contributed by atoms with Gasteiger partial charge in [-0.2, -0.15) is 4.99 Å². The number of nitrogens with zero attached hydrogens (tertiary/aromatic N) is 3. The zero-order chi connectivity index (χ0) is 20.0. The number of carbonyl (C=O) groups excluding carboxylic acids is 1. The number of thiophene rings is 1. The van der Waals surface area contributed by atoms with Gasteiger partial charge < -0.3 is 4.57 Å². The molecule has 3 aromatic heterocycles. The molecule has 142 valence electrons. The first-order valence-electron chi connectivity index (χ1n) is 9.20. The third-order valence-electron chi connectivity index (χ3n) is 4.94. The monoisotopic (exact) mass is 415 g/mol. The molecule has 6 heteroatoms. The Kier molecular flexibility index (Phi) is 4.38. The lowest BCUT2D eigenvalue weighted by atomic mass is 10.1. The Labute approximate surface area is 175 Å². The van der Waals surface area contributed by atoms with Crippen molar-refractivity contribution in [1.82, 2.24) is 9.55 Å². The average molecular weight is 416 g/mol. The first kappa shape index (κ1) is 18.0. The molecule has 0 N–H and O–H groups in total. The highest BCUT2D eigenvalue weighted by atomic mass is 32.1. The van der Waals surface area contributed by atoms with E-state index in [1.165, 1.54) is 16.9 Å². The van der Waals surface area contributed by atoms with Crippen LogP contribution in [-0.2, 0) is 7.05 Å². The van der Waals surface area contributed by atoms with E-state index in [4.69, 9.17) is 4.98 Å². The number of aromatic nitrogens is 2. The van der Waals surface area contributed by atoms with Gasteiger partial charge in [-0.1, -0.05) is 47.7 Å². The van der Waals surface area contributed by atoms with Crippen molar-refractivity contribution < 1.29 is 4.79 Å². The quantitative estimate of drug-likeness (QED) is 0.379. The first-order chi connectivity index (χ1) is 14.1. The van der Waals surface area contributed by atoms with Gasteiger partial charge in [0, 0.05) is 12.4 Å². The Morgan fingerprint density at radius 1 is 1.07 bits per heavy atom. The predicted octanol–water partition coefficient (Wildman–Crippen LogP) is 5.57. The Morgan fingerprint density at radius 3 is 2.72 bits per heavy atom. The summed E-state index contributed by atoms with van der Waals surface area (Å²) in [5.74, 6) is -0.249. The Hall–Kier alpha value is -3.09. The summed E-state index contributed by atoms with van der Waals surface area (Å²) in [5, 5.41) is 2.83. The molecule has 3 heterocycles. The van der Waals surface area contributed by atoms with Crippen LogP contribution in [-0.4, -0.2) is 15.5 Å². The van der Waals surface area contributed by atoms with Crippen molar-refractivity contribution in [1.29, 1.82) is 0 Å². The van der Waals surface area contributed by atoms with Gasteiger partial charge in [0.2, 0.25) is 0 Å². The maximum absolute atomic E-state index is 13.3. The van der Waals surface area contributed by atoms with E-state index in [2.05, 4.69) is 24.0 Å². The molecular formula is C23H17N3OS2. The molecule has 0 radical (unpaired) electrons. The maximum Gasteiger partial charge on any atom is 0.280 e. The van der Waals surface area contributed by atoms with Crippen LogP contribution in [0.3, 0.4) is 0 Å². The summed E-state index contributed by atoms with van der Waals surface area (Å²) >= 11 is 3.14. The fourth-order valence-corrected chi connectivity index (χ4v) is 5.34. The molecule has 2 aromatic carbocycles. The summed E-state index contributed by atoms with van der Waals surface area (Å²) in [7, 11) is 1.96. The van der Waals surface area contributed by atoms with Crippen molar-refractivity contribution in [2.24, 2.45) is 12.0 Å².